The molecule has 5 nitrogen and oxygen atoms in total. The van der Waals surface area contributed by atoms with E-state index >= 15 is 0 Å². The molecule has 0 radical (unpaired) electrons. The predicted octanol–water partition coefficient (Wildman–Crippen LogP) is 3.38. The molecule has 0 saturated heterocycles. The number of rotatable bonds is 4. The quantitative estimate of drug-likeness (QED) is 0.774. The van der Waals surface area contributed by atoms with Gasteiger partial charge in [-0.15, -0.1) is 0 Å². The Labute approximate surface area is 126 Å². The number of aromatic nitrogens is 3. The number of hydrogen-bond acceptors (Lipinski definition) is 4. The van der Waals surface area contributed by atoms with Gasteiger partial charge in [0.25, 0.3) is 0 Å². The molecule has 0 fully saturated rings. The van der Waals surface area contributed by atoms with Crippen molar-refractivity contribution in [2.75, 3.05) is 11.1 Å². The van der Waals surface area contributed by atoms with E-state index in [4.69, 9.17) is 5.73 Å². The first-order valence-electron chi connectivity index (χ1n) is 6.62. The normalized spacial score (nSPS) is 10.4. The summed E-state index contributed by atoms with van der Waals surface area (Å²) in [5, 5.41) is 6.97. The highest BCUT2D eigenvalue weighted by Crippen LogP contribution is 2.23. The summed E-state index contributed by atoms with van der Waals surface area (Å²) < 4.78 is 15.8. The molecular formula is C16H14FN5. The maximum atomic E-state index is 14.2. The fraction of sp³-hybridized carbons (Fsp3) is 0. The van der Waals surface area contributed by atoms with E-state index in [1.54, 1.807) is 53.6 Å². The van der Waals surface area contributed by atoms with E-state index < -0.39 is 5.82 Å². The van der Waals surface area contributed by atoms with Gasteiger partial charge in [0.2, 0.25) is 0 Å². The molecule has 0 atom stereocenters. The van der Waals surface area contributed by atoms with Crippen LogP contribution in [0.2, 0.25) is 0 Å². The van der Waals surface area contributed by atoms with E-state index in [-0.39, 0.29) is 0 Å². The van der Waals surface area contributed by atoms with Gasteiger partial charge >= 0.3 is 0 Å². The third-order valence-electron chi connectivity index (χ3n) is 3.17. The first-order valence-corrected chi connectivity index (χ1v) is 6.62. The average molecular weight is 295 g/mol. The summed E-state index contributed by atoms with van der Waals surface area (Å²) in [6.07, 6.45) is 6.59. The number of benzene rings is 1. The summed E-state index contributed by atoms with van der Waals surface area (Å²) in [4.78, 5) is 4.17. The van der Waals surface area contributed by atoms with Gasteiger partial charge in [0, 0.05) is 42.0 Å². The van der Waals surface area contributed by atoms with Crippen LogP contribution in [0.4, 0.5) is 21.6 Å². The molecule has 2 heterocycles. The molecule has 0 amide bonds. The Morgan fingerprint density at radius 3 is 2.82 bits per heavy atom. The van der Waals surface area contributed by atoms with Crippen LogP contribution in [0, 0.1) is 5.82 Å². The van der Waals surface area contributed by atoms with E-state index in [0.717, 1.165) is 5.56 Å². The van der Waals surface area contributed by atoms with Crippen molar-refractivity contribution in [1.29, 1.82) is 0 Å². The second-order valence-electron chi connectivity index (χ2n) is 4.64. The minimum atomic E-state index is -0.402. The van der Waals surface area contributed by atoms with Crippen LogP contribution in [0.5, 0.6) is 0 Å². The molecule has 22 heavy (non-hydrogen) atoms. The molecule has 3 rings (SSSR count). The standard InChI is InChI=1S/C16H14FN5/c1-2-11-10-19-16(9-14(11)18)21-15-5-4-12(8-13(15)17)22-7-3-6-20-22/h2-10H,1H2,(H3,18,19,21). The summed E-state index contributed by atoms with van der Waals surface area (Å²) in [6.45, 7) is 3.64. The van der Waals surface area contributed by atoms with Gasteiger partial charge in [0.1, 0.15) is 11.6 Å². The Morgan fingerprint density at radius 1 is 1.32 bits per heavy atom. The molecular weight excluding hydrogens is 281 g/mol. The van der Waals surface area contributed by atoms with Gasteiger partial charge < -0.3 is 11.1 Å². The minimum absolute atomic E-state index is 0.314. The van der Waals surface area contributed by atoms with Crippen molar-refractivity contribution in [2.45, 2.75) is 0 Å². The number of nitrogens with two attached hydrogens (primary N) is 1. The smallest absolute Gasteiger partial charge is 0.148 e. The maximum Gasteiger partial charge on any atom is 0.148 e. The Kier molecular flexibility index (Phi) is 3.57. The van der Waals surface area contributed by atoms with Crippen molar-refractivity contribution >= 4 is 23.3 Å². The minimum Gasteiger partial charge on any atom is -0.398 e. The number of nitrogen functional groups attached to an aromatic ring is 1. The van der Waals surface area contributed by atoms with Gasteiger partial charge in [0.15, 0.2) is 0 Å². The molecule has 6 heteroatoms. The van der Waals surface area contributed by atoms with Crippen LogP contribution in [0.25, 0.3) is 11.8 Å². The Morgan fingerprint density at radius 2 is 2.18 bits per heavy atom. The third kappa shape index (κ3) is 2.67. The maximum absolute atomic E-state index is 14.2. The second kappa shape index (κ2) is 5.69. The molecule has 0 bridgehead atoms. The lowest BCUT2D eigenvalue weighted by Gasteiger charge is -2.10. The molecule has 1 aromatic carbocycles. The summed E-state index contributed by atoms with van der Waals surface area (Å²) in [5.41, 5.74) is 8.08. The molecule has 2 aromatic heterocycles. The number of hydrogen-bond donors (Lipinski definition) is 2. The molecule has 0 aliphatic carbocycles. The summed E-state index contributed by atoms with van der Waals surface area (Å²) in [5.74, 6) is 0.0648. The summed E-state index contributed by atoms with van der Waals surface area (Å²) >= 11 is 0. The van der Waals surface area contributed by atoms with Crippen molar-refractivity contribution < 1.29 is 4.39 Å². The Balaban J connectivity index is 1.86. The van der Waals surface area contributed by atoms with Crippen molar-refractivity contribution in [2.24, 2.45) is 0 Å². The zero-order chi connectivity index (χ0) is 15.5. The second-order valence-corrected chi connectivity index (χ2v) is 4.64. The molecule has 110 valence electrons. The van der Waals surface area contributed by atoms with Crippen molar-refractivity contribution in [3.8, 4) is 5.69 Å². The van der Waals surface area contributed by atoms with Crippen LogP contribution in [-0.2, 0) is 0 Å². The summed E-state index contributed by atoms with van der Waals surface area (Å²) in [7, 11) is 0. The highest BCUT2D eigenvalue weighted by Gasteiger charge is 2.07. The van der Waals surface area contributed by atoms with E-state index in [1.165, 1.54) is 6.07 Å². The van der Waals surface area contributed by atoms with E-state index in [1.807, 2.05) is 0 Å². The lowest BCUT2D eigenvalue weighted by Crippen LogP contribution is -2.01. The molecule has 0 aliphatic heterocycles. The Hall–Kier alpha value is -3.15. The SMILES string of the molecule is C=Cc1cnc(Nc2ccc(-n3cccn3)cc2F)cc1N. The van der Waals surface area contributed by atoms with Crippen molar-refractivity contribution in [3.63, 3.8) is 0 Å². The van der Waals surface area contributed by atoms with Crippen LogP contribution >= 0.6 is 0 Å². The first-order chi connectivity index (χ1) is 10.7. The molecule has 3 aromatic rings. The first kappa shape index (κ1) is 13.8. The van der Waals surface area contributed by atoms with Crippen molar-refractivity contribution in [3.05, 3.63) is 66.9 Å². The number of nitrogens with one attached hydrogen (secondary N) is 1. The van der Waals surface area contributed by atoms with Crippen molar-refractivity contribution in [1.82, 2.24) is 14.8 Å². The zero-order valence-electron chi connectivity index (χ0n) is 11.7. The molecule has 0 aliphatic rings. The van der Waals surface area contributed by atoms with E-state index in [2.05, 4.69) is 22.0 Å². The van der Waals surface area contributed by atoms with E-state index in [9.17, 15) is 4.39 Å². The third-order valence-corrected chi connectivity index (χ3v) is 3.17. The lowest BCUT2D eigenvalue weighted by molar-refractivity contribution is 0.629. The number of nitrogens with zero attached hydrogens (tertiary/aromatic N) is 3. The van der Waals surface area contributed by atoms with Gasteiger partial charge in [-0.1, -0.05) is 12.7 Å². The van der Waals surface area contributed by atoms with Crippen LogP contribution < -0.4 is 11.1 Å². The average Bonchev–Trinajstić information content (AvgIpc) is 3.04. The zero-order valence-corrected chi connectivity index (χ0v) is 11.7. The van der Waals surface area contributed by atoms with Gasteiger partial charge in [-0.2, -0.15) is 5.10 Å². The van der Waals surface area contributed by atoms with Gasteiger partial charge in [-0.25, -0.2) is 14.1 Å². The molecule has 0 saturated carbocycles. The fourth-order valence-corrected chi connectivity index (χ4v) is 2.03. The van der Waals surface area contributed by atoms with Gasteiger partial charge in [-0.3, -0.25) is 0 Å². The highest BCUT2D eigenvalue weighted by molar-refractivity contribution is 5.68. The largest absolute Gasteiger partial charge is 0.398 e. The van der Waals surface area contributed by atoms with E-state index in [0.29, 0.717) is 22.9 Å². The van der Waals surface area contributed by atoms with Gasteiger partial charge in [0.05, 0.1) is 11.4 Å². The molecule has 0 spiro atoms. The van der Waals surface area contributed by atoms with Crippen LogP contribution in [0.3, 0.4) is 0 Å². The highest BCUT2D eigenvalue weighted by atomic mass is 19.1. The fourth-order valence-electron chi connectivity index (χ4n) is 2.03. The topological polar surface area (TPSA) is 68.8 Å². The molecule has 3 N–H and O–H groups in total. The monoisotopic (exact) mass is 295 g/mol. The summed E-state index contributed by atoms with van der Waals surface area (Å²) in [6, 6.07) is 8.21. The molecule has 0 unspecified atom stereocenters. The lowest BCUT2D eigenvalue weighted by atomic mass is 10.2. The number of pyridine rings is 1. The number of anilines is 3. The Bertz CT molecular complexity index is 811. The van der Waals surface area contributed by atoms with Crippen LogP contribution in [0.1, 0.15) is 5.56 Å². The predicted molar refractivity (Wildman–Crippen MR) is 85.5 cm³/mol. The number of halogens is 1. The van der Waals surface area contributed by atoms with Gasteiger partial charge in [-0.05, 0) is 18.2 Å². The van der Waals surface area contributed by atoms with Crippen LogP contribution in [-0.4, -0.2) is 14.8 Å². The van der Waals surface area contributed by atoms with Crippen LogP contribution in [0.15, 0.2) is 55.5 Å².